The minimum atomic E-state index is 0.183. The Labute approximate surface area is 110 Å². The molecule has 1 aromatic carbocycles. The smallest absolute Gasteiger partial charge is 0.0491 e. The maximum atomic E-state index is 5.95. The van der Waals surface area contributed by atoms with Gasteiger partial charge in [-0.1, -0.05) is 24.3 Å². The van der Waals surface area contributed by atoms with E-state index in [1.54, 1.807) is 11.3 Å². The summed E-state index contributed by atoms with van der Waals surface area (Å²) < 4.78 is 1.31. The zero-order valence-electron chi connectivity index (χ0n) is 9.91. The van der Waals surface area contributed by atoms with Crippen molar-refractivity contribution < 1.29 is 0 Å². The van der Waals surface area contributed by atoms with E-state index in [-0.39, 0.29) is 5.92 Å². The molecule has 18 heavy (non-hydrogen) atoms. The third-order valence-corrected chi connectivity index (χ3v) is 4.15. The van der Waals surface area contributed by atoms with Gasteiger partial charge in [-0.05, 0) is 34.5 Å². The van der Waals surface area contributed by atoms with E-state index in [9.17, 15) is 0 Å². The predicted molar refractivity (Wildman–Crippen MR) is 77.0 cm³/mol. The highest BCUT2D eigenvalue weighted by Crippen LogP contribution is 2.33. The zero-order chi connectivity index (χ0) is 12.4. The Morgan fingerprint density at radius 2 is 1.94 bits per heavy atom. The molecule has 0 amide bonds. The lowest BCUT2D eigenvalue weighted by Gasteiger charge is -2.13. The number of fused-ring (bicyclic) bond motifs is 1. The minimum Gasteiger partial charge on any atom is -0.329 e. The summed E-state index contributed by atoms with van der Waals surface area (Å²) in [6, 6.07) is 14.4. The summed E-state index contributed by atoms with van der Waals surface area (Å²) in [6.45, 7) is 0.581. The summed E-state index contributed by atoms with van der Waals surface area (Å²) in [4.78, 5) is 4.44. The lowest BCUT2D eigenvalue weighted by molar-refractivity contribution is 0.796. The molecule has 90 valence electrons. The lowest BCUT2D eigenvalue weighted by atomic mass is 9.95. The van der Waals surface area contributed by atoms with Gasteiger partial charge in [0.15, 0.2) is 0 Å². The van der Waals surface area contributed by atoms with E-state index in [0.717, 1.165) is 5.69 Å². The van der Waals surface area contributed by atoms with E-state index in [1.165, 1.54) is 15.6 Å². The Balaban J connectivity index is 2.12. The third kappa shape index (κ3) is 1.92. The molecule has 0 radical (unpaired) electrons. The highest BCUT2D eigenvalue weighted by atomic mass is 32.1. The van der Waals surface area contributed by atoms with Crippen molar-refractivity contribution in [2.75, 3.05) is 6.54 Å². The Bertz CT molecular complexity index is 646. The number of rotatable bonds is 3. The molecule has 0 saturated heterocycles. The standard InChI is InChI=1S/C15H14N2S/c16-9-12(14-6-3-4-8-17-14)13-10-18-15-7-2-1-5-11(13)15/h1-8,10,12H,9,16H2. The van der Waals surface area contributed by atoms with Crippen molar-refractivity contribution in [3.8, 4) is 0 Å². The summed E-state index contributed by atoms with van der Waals surface area (Å²) in [7, 11) is 0. The normalized spacial score (nSPS) is 12.7. The zero-order valence-corrected chi connectivity index (χ0v) is 10.7. The van der Waals surface area contributed by atoms with Crippen molar-refractivity contribution in [1.82, 2.24) is 4.98 Å². The molecule has 0 spiro atoms. The summed E-state index contributed by atoms with van der Waals surface area (Å²) >= 11 is 1.77. The first kappa shape index (κ1) is 11.4. The Morgan fingerprint density at radius 1 is 1.11 bits per heavy atom. The van der Waals surface area contributed by atoms with E-state index in [1.807, 2.05) is 24.4 Å². The molecule has 2 nitrogen and oxygen atoms in total. The second-order valence-electron chi connectivity index (χ2n) is 4.23. The van der Waals surface area contributed by atoms with Gasteiger partial charge in [-0.3, -0.25) is 4.98 Å². The van der Waals surface area contributed by atoms with Crippen LogP contribution < -0.4 is 5.73 Å². The van der Waals surface area contributed by atoms with Crippen molar-refractivity contribution >= 4 is 21.4 Å². The average molecular weight is 254 g/mol. The van der Waals surface area contributed by atoms with Crippen LogP contribution in [0, 0.1) is 0 Å². The summed E-state index contributed by atoms with van der Waals surface area (Å²) in [6.07, 6.45) is 1.83. The van der Waals surface area contributed by atoms with Gasteiger partial charge in [0.05, 0.1) is 0 Å². The fourth-order valence-electron chi connectivity index (χ4n) is 2.26. The van der Waals surface area contributed by atoms with Gasteiger partial charge >= 0.3 is 0 Å². The number of pyridine rings is 1. The molecule has 0 saturated carbocycles. The number of aromatic nitrogens is 1. The van der Waals surface area contributed by atoms with Crippen LogP contribution in [-0.4, -0.2) is 11.5 Å². The molecule has 0 bridgehead atoms. The van der Waals surface area contributed by atoms with Gasteiger partial charge in [0.1, 0.15) is 0 Å². The lowest BCUT2D eigenvalue weighted by Crippen LogP contribution is -2.14. The first-order chi connectivity index (χ1) is 8.90. The molecule has 3 rings (SSSR count). The van der Waals surface area contributed by atoms with Crippen LogP contribution in [0.2, 0.25) is 0 Å². The van der Waals surface area contributed by atoms with Crippen LogP contribution in [-0.2, 0) is 0 Å². The minimum absolute atomic E-state index is 0.183. The first-order valence-corrected chi connectivity index (χ1v) is 6.85. The number of hydrogen-bond acceptors (Lipinski definition) is 3. The average Bonchev–Trinajstić information content (AvgIpc) is 2.85. The maximum Gasteiger partial charge on any atom is 0.0491 e. The Hall–Kier alpha value is -1.71. The number of thiophene rings is 1. The second-order valence-corrected chi connectivity index (χ2v) is 5.14. The predicted octanol–water partition coefficient (Wildman–Crippen LogP) is 3.39. The largest absolute Gasteiger partial charge is 0.329 e. The summed E-state index contributed by atoms with van der Waals surface area (Å²) in [5.41, 5.74) is 8.29. The van der Waals surface area contributed by atoms with Gasteiger partial charge in [-0.2, -0.15) is 0 Å². The molecule has 2 aromatic heterocycles. The summed E-state index contributed by atoms with van der Waals surface area (Å²) in [5.74, 6) is 0.183. The van der Waals surface area contributed by atoms with Crippen LogP contribution in [0.15, 0.2) is 54.0 Å². The van der Waals surface area contributed by atoms with Crippen LogP contribution in [0.1, 0.15) is 17.2 Å². The van der Waals surface area contributed by atoms with Gasteiger partial charge in [0.2, 0.25) is 0 Å². The van der Waals surface area contributed by atoms with Gasteiger partial charge in [-0.25, -0.2) is 0 Å². The molecule has 2 heterocycles. The van der Waals surface area contributed by atoms with Crippen molar-refractivity contribution in [1.29, 1.82) is 0 Å². The van der Waals surface area contributed by atoms with Crippen molar-refractivity contribution in [3.05, 3.63) is 65.3 Å². The molecular formula is C15H14N2S. The van der Waals surface area contributed by atoms with E-state index in [4.69, 9.17) is 5.73 Å². The van der Waals surface area contributed by atoms with Crippen LogP contribution in [0.4, 0.5) is 0 Å². The quantitative estimate of drug-likeness (QED) is 0.778. The van der Waals surface area contributed by atoms with Gasteiger partial charge < -0.3 is 5.73 Å². The Morgan fingerprint density at radius 3 is 2.72 bits per heavy atom. The highest BCUT2D eigenvalue weighted by Gasteiger charge is 2.17. The number of benzene rings is 1. The first-order valence-electron chi connectivity index (χ1n) is 5.97. The SMILES string of the molecule is NCC(c1ccccn1)c1csc2ccccc12. The van der Waals surface area contributed by atoms with Crippen molar-refractivity contribution in [2.24, 2.45) is 5.73 Å². The van der Waals surface area contributed by atoms with Gasteiger partial charge in [0, 0.05) is 29.1 Å². The van der Waals surface area contributed by atoms with Gasteiger partial charge in [-0.15, -0.1) is 11.3 Å². The molecule has 0 fully saturated rings. The van der Waals surface area contributed by atoms with Crippen LogP contribution in [0.3, 0.4) is 0 Å². The van der Waals surface area contributed by atoms with E-state index >= 15 is 0 Å². The van der Waals surface area contributed by atoms with E-state index < -0.39 is 0 Å². The Kier molecular flexibility index (Phi) is 3.09. The molecule has 2 N–H and O–H groups in total. The van der Waals surface area contributed by atoms with E-state index in [2.05, 4.69) is 34.6 Å². The molecule has 3 aromatic rings. The van der Waals surface area contributed by atoms with Gasteiger partial charge in [0.25, 0.3) is 0 Å². The number of nitrogens with zero attached hydrogens (tertiary/aromatic N) is 1. The number of hydrogen-bond donors (Lipinski definition) is 1. The van der Waals surface area contributed by atoms with Crippen molar-refractivity contribution in [3.63, 3.8) is 0 Å². The van der Waals surface area contributed by atoms with Crippen LogP contribution >= 0.6 is 11.3 Å². The maximum absolute atomic E-state index is 5.95. The molecule has 1 atom stereocenters. The van der Waals surface area contributed by atoms with Crippen LogP contribution in [0.25, 0.3) is 10.1 Å². The van der Waals surface area contributed by atoms with Crippen molar-refractivity contribution in [2.45, 2.75) is 5.92 Å². The van der Waals surface area contributed by atoms with E-state index in [0.29, 0.717) is 6.54 Å². The molecule has 0 aliphatic rings. The summed E-state index contributed by atoms with van der Waals surface area (Å²) in [5, 5.41) is 3.50. The molecule has 3 heteroatoms. The van der Waals surface area contributed by atoms with Crippen LogP contribution in [0.5, 0.6) is 0 Å². The topological polar surface area (TPSA) is 38.9 Å². The fraction of sp³-hybridized carbons (Fsp3) is 0.133. The highest BCUT2D eigenvalue weighted by molar-refractivity contribution is 7.17. The fourth-order valence-corrected chi connectivity index (χ4v) is 3.27. The molecule has 0 aliphatic carbocycles. The third-order valence-electron chi connectivity index (χ3n) is 3.17. The monoisotopic (exact) mass is 254 g/mol. The molecule has 0 aliphatic heterocycles. The second kappa shape index (κ2) is 4.88. The molecular weight excluding hydrogens is 240 g/mol. The molecule has 1 unspecified atom stereocenters. The number of nitrogens with two attached hydrogens (primary N) is 1.